The third kappa shape index (κ3) is 3.45. The second-order valence-corrected chi connectivity index (χ2v) is 5.43. The van der Waals surface area contributed by atoms with Crippen molar-refractivity contribution in [1.29, 1.82) is 0 Å². The number of pyridine rings is 1. The zero-order chi connectivity index (χ0) is 13.8. The highest BCUT2D eigenvalue weighted by atomic mass is 15.2. The molecular formula is C15H27N3. The minimum Gasteiger partial charge on any atom is -0.355 e. The number of hydrogen-bond acceptors (Lipinski definition) is 3. The van der Waals surface area contributed by atoms with E-state index in [1.807, 2.05) is 7.05 Å². The van der Waals surface area contributed by atoms with Crippen LogP contribution in [0.4, 0.5) is 5.82 Å². The zero-order valence-electron chi connectivity index (χ0n) is 12.7. The quantitative estimate of drug-likeness (QED) is 0.840. The number of nitrogens with zero attached hydrogens (tertiary/aromatic N) is 2. The number of aryl methyl sites for hydroxylation is 1. The number of nitrogens with one attached hydrogen (secondary N) is 1. The molecule has 0 saturated carbocycles. The molecule has 0 fully saturated rings. The maximum Gasteiger partial charge on any atom is 0.129 e. The van der Waals surface area contributed by atoms with Gasteiger partial charge in [-0.25, -0.2) is 4.98 Å². The predicted octanol–water partition coefficient (Wildman–Crippen LogP) is 2.99. The first-order valence-electron chi connectivity index (χ1n) is 6.82. The average molecular weight is 249 g/mol. The molecule has 0 aliphatic heterocycles. The Balaban J connectivity index is 3.11. The Bertz CT molecular complexity index is 385. The van der Waals surface area contributed by atoms with Crippen LogP contribution in [0.3, 0.4) is 0 Å². The Kier molecular flexibility index (Phi) is 5.15. The van der Waals surface area contributed by atoms with Crippen molar-refractivity contribution in [2.24, 2.45) is 0 Å². The summed E-state index contributed by atoms with van der Waals surface area (Å²) < 4.78 is 0. The van der Waals surface area contributed by atoms with Gasteiger partial charge in [0.1, 0.15) is 5.82 Å². The van der Waals surface area contributed by atoms with Gasteiger partial charge in [-0.05, 0) is 51.4 Å². The largest absolute Gasteiger partial charge is 0.355 e. The summed E-state index contributed by atoms with van der Waals surface area (Å²) in [5.74, 6) is 1.08. The monoisotopic (exact) mass is 249 g/mol. The van der Waals surface area contributed by atoms with Crippen molar-refractivity contribution in [3.8, 4) is 0 Å². The molecule has 3 nitrogen and oxygen atoms in total. The van der Waals surface area contributed by atoms with E-state index in [4.69, 9.17) is 4.98 Å². The van der Waals surface area contributed by atoms with Gasteiger partial charge in [0.05, 0.1) is 0 Å². The van der Waals surface area contributed by atoms with Crippen molar-refractivity contribution in [2.45, 2.75) is 52.6 Å². The van der Waals surface area contributed by atoms with E-state index in [9.17, 15) is 0 Å². The molecule has 0 spiro atoms. The van der Waals surface area contributed by atoms with E-state index < -0.39 is 0 Å². The molecule has 1 rings (SSSR count). The fourth-order valence-corrected chi connectivity index (χ4v) is 1.84. The first kappa shape index (κ1) is 15.0. The molecule has 1 aromatic heterocycles. The highest BCUT2D eigenvalue weighted by Crippen LogP contribution is 2.24. The number of aromatic nitrogens is 1. The first-order valence-corrected chi connectivity index (χ1v) is 6.82. The second kappa shape index (κ2) is 6.19. The van der Waals surface area contributed by atoms with Gasteiger partial charge in [-0.3, -0.25) is 0 Å². The molecule has 102 valence electrons. The van der Waals surface area contributed by atoms with Crippen molar-refractivity contribution in [3.05, 3.63) is 23.4 Å². The lowest BCUT2D eigenvalue weighted by molar-refractivity contribution is 0.466. The lowest BCUT2D eigenvalue weighted by Crippen LogP contribution is -2.41. The summed E-state index contributed by atoms with van der Waals surface area (Å²) in [7, 11) is 4.11. The number of anilines is 1. The molecule has 0 bridgehead atoms. The molecule has 18 heavy (non-hydrogen) atoms. The van der Waals surface area contributed by atoms with E-state index >= 15 is 0 Å². The maximum atomic E-state index is 4.75. The van der Waals surface area contributed by atoms with Crippen LogP contribution in [-0.2, 0) is 13.0 Å². The van der Waals surface area contributed by atoms with E-state index in [1.165, 1.54) is 5.56 Å². The highest BCUT2D eigenvalue weighted by Gasteiger charge is 2.22. The minimum absolute atomic E-state index is 0.135. The van der Waals surface area contributed by atoms with Gasteiger partial charge < -0.3 is 10.2 Å². The molecule has 3 heteroatoms. The van der Waals surface area contributed by atoms with Crippen molar-refractivity contribution < 1.29 is 0 Å². The average Bonchev–Trinajstić information content (AvgIpc) is 2.37. The van der Waals surface area contributed by atoms with E-state index in [2.05, 4.69) is 57.1 Å². The highest BCUT2D eigenvalue weighted by molar-refractivity contribution is 5.44. The van der Waals surface area contributed by atoms with Gasteiger partial charge in [-0.2, -0.15) is 0 Å². The van der Waals surface area contributed by atoms with Gasteiger partial charge in [0.15, 0.2) is 0 Å². The van der Waals surface area contributed by atoms with Gasteiger partial charge in [0.25, 0.3) is 0 Å². The molecule has 1 heterocycles. The molecular weight excluding hydrogens is 222 g/mol. The molecule has 0 amide bonds. The Labute approximate surface area is 112 Å². The molecule has 0 radical (unpaired) electrons. The SMILES string of the molecule is CCc1cc(CNC)cc(N(C)C(C)(C)CC)n1. The summed E-state index contributed by atoms with van der Waals surface area (Å²) in [5, 5.41) is 3.21. The summed E-state index contributed by atoms with van der Waals surface area (Å²) in [4.78, 5) is 7.03. The lowest BCUT2D eigenvalue weighted by atomic mass is 10.00. The van der Waals surface area contributed by atoms with Crippen LogP contribution < -0.4 is 10.2 Å². The molecule has 0 saturated heterocycles. The Morgan fingerprint density at radius 2 is 1.94 bits per heavy atom. The van der Waals surface area contributed by atoms with Crippen LogP contribution in [0.25, 0.3) is 0 Å². The smallest absolute Gasteiger partial charge is 0.129 e. The van der Waals surface area contributed by atoms with Gasteiger partial charge >= 0.3 is 0 Å². The molecule has 0 atom stereocenters. The molecule has 0 unspecified atom stereocenters. The van der Waals surface area contributed by atoms with Gasteiger partial charge in [-0.1, -0.05) is 13.8 Å². The van der Waals surface area contributed by atoms with Crippen molar-refractivity contribution in [3.63, 3.8) is 0 Å². The molecule has 0 aliphatic rings. The van der Waals surface area contributed by atoms with Crippen LogP contribution in [0, 0.1) is 0 Å². The van der Waals surface area contributed by atoms with Crippen molar-refractivity contribution in [2.75, 3.05) is 19.0 Å². The molecule has 1 N–H and O–H groups in total. The second-order valence-electron chi connectivity index (χ2n) is 5.43. The van der Waals surface area contributed by atoms with Crippen molar-refractivity contribution >= 4 is 5.82 Å². The third-order valence-corrected chi connectivity index (χ3v) is 3.78. The van der Waals surface area contributed by atoms with E-state index in [0.29, 0.717) is 0 Å². The zero-order valence-corrected chi connectivity index (χ0v) is 12.7. The van der Waals surface area contributed by atoms with Crippen LogP contribution in [0.2, 0.25) is 0 Å². The van der Waals surface area contributed by atoms with E-state index in [1.54, 1.807) is 0 Å². The lowest BCUT2D eigenvalue weighted by Gasteiger charge is -2.36. The Hall–Kier alpha value is -1.09. The number of hydrogen-bond donors (Lipinski definition) is 1. The van der Waals surface area contributed by atoms with Crippen LogP contribution in [0.5, 0.6) is 0 Å². The standard InChI is InChI=1S/C15H27N3/c1-7-13-9-12(11-16-5)10-14(17-13)18(6)15(3,4)8-2/h9-10,16H,7-8,11H2,1-6H3. The first-order chi connectivity index (χ1) is 8.44. The van der Waals surface area contributed by atoms with Gasteiger partial charge in [0, 0.05) is 24.8 Å². The van der Waals surface area contributed by atoms with Gasteiger partial charge in [0.2, 0.25) is 0 Å². The summed E-state index contributed by atoms with van der Waals surface area (Å²) in [6.07, 6.45) is 2.08. The Morgan fingerprint density at radius 1 is 1.28 bits per heavy atom. The summed E-state index contributed by atoms with van der Waals surface area (Å²) in [6.45, 7) is 9.77. The van der Waals surface area contributed by atoms with Crippen LogP contribution in [0.1, 0.15) is 45.4 Å². The summed E-state index contributed by atoms with van der Waals surface area (Å²) in [6, 6.07) is 4.37. The number of rotatable bonds is 6. The van der Waals surface area contributed by atoms with Crippen LogP contribution in [0.15, 0.2) is 12.1 Å². The predicted molar refractivity (Wildman–Crippen MR) is 79.2 cm³/mol. The van der Waals surface area contributed by atoms with E-state index in [0.717, 1.165) is 30.9 Å². The molecule has 0 aliphatic carbocycles. The fourth-order valence-electron chi connectivity index (χ4n) is 1.84. The molecule has 0 aromatic carbocycles. The summed E-state index contributed by atoms with van der Waals surface area (Å²) in [5.41, 5.74) is 2.60. The summed E-state index contributed by atoms with van der Waals surface area (Å²) >= 11 is 0. The van der Waals surface area contributed by atoms with Crippen molar-refractivity contribution in [1.82, 2.24) is 10.3 Å². The van der Waals surface area contributed by atoms with E-state index in [-0.39, 0.29) is 5.54 Å². The topological polar surface area (TPSA) is 28.2 Å². The normalized spacial score (nSPS) is 11.7. The van der Waals surface area contributed by atoms with Gasteiger partial charge in [-0.15, -0.1) is 0 Å². The third-order valence-electron chi connectivity index (χ3n) is 3.78. The minimum atomic E-state index is 0.135. The molecule has 1 aromatic rings. The fraction of sp³-hybridized carbons (Fsp3) is 0.667. The van der Waals surface area contributed by atoms with Crippen LogP contribution in [-0.4, -0.2) is 24.6 Å². The Morgan fingerprint density at radius 3 is 2.44 bits per heavy atom. The van der Waals surface area contributed by atoms with Crippen LogP contribution >= 0.6 is 0 Å². The maximum absolute atomic E-state index is 4.75.